The minimum absolute atomic E-state index is 0.166. The van der Waals surface area contributed by atoms with E-state index in [4.69, 9.17) is 4.74 Å². The number of para-hydroxylation sites is 1. The molecule has 3 aromatic carbocycles. The van der Waals surface area contributed by atoms with Gasteiger partial charge in [0.15, 0.2) is 0 Å². The third-order valence-electron chi connectivity index (χ3n) is 4.35. The number of halogens is 1. The van der Waals surface area contributed by atoms with Crippen molar-refractivity contribution in [2.45, 2.75) is 6.04 Å². The van der Waals surface area contributed by atoms with Gasteiger partial charge in [0.25, 0.3) is 5.91 Å². The van der Waals surface area contributed by atoms with Gasteiger partial charge in [-0.3, -0.25) is 4.79 Å². The summed E-state index contributed by atoms with van der Waals surface area (Å²) in [6, 6.07) is 22.7. The first-order chi connectivity index (χ1) is 12.6. The number of hydrogen-bond donors (Lipinski definition) is 0. The molecule has 26 heavy (non-hydrogen) atoms. The minimum Gasteiger partial charge on any atom is -0.496 e. The van der Waals surface area contributed by atoms with Gasteiger partial charge in [-0.05, 0) is 35.4 Å². The van der Waals surface area contributed by atoms with Crippen LogP contribution in [0.15, 0.2) is 78.9 Å². The molecule has 1 atom stereocenters. The van der Waals surface area contributed by atoms with Gasteiger partial charge in [0.2, 0.25) is 0 Å². The highest BCUT2D eigenvalue weighted by molar-refractivity contribution is 5.97. The van der Waals surface area contributed by atoms with Crippen LogP contribution in [-0.4, -0.2) is 25.0 Å². The highest BCUT2D eigenvalue weighted by atomic mass is 19.1. The summed E-state index contributed by atoms with van der Waals surface area (Å²) in [5, 5.41) is 0. The first-order valence-electron chi connectivity index (χ1n) is 8.32. The van der Waals surface area contributed by atoms with Gasteiger partial charge in [-0.1, -0.05) is 54.6 Å². The lowest BCUT2D eigenvalue weighted by Gasteiger charge is -2.29. The largest absolute Gasteiger partial charge is 0.496 e. The molecule has 0 aromatic heterocycles. The Morgan fingerprint density at radius 1 is 0.885 bits per heavy atom. The second-order valence-electron chi connectivity index (χ2n) is 5.98. The smallest absolute Gasteiger partial charge is 0.258 e. The predicted octanol–water partition coefficient (Wildman–Crippen LogP) is 4.70. The van der Waals surface area contributed by atoms with Crippen LogP contribution in [0.3, 0.4) is 0 Å². The van der Waals surface area contributed by atoms with Crippen LogP contribution in [0.5, 0.6) is 5.75 Å². The number of nitrogens with zero attached hydrogens (tertiary/aromatic N) is 1. The second-order valence-corrected chi connectivity index (χ2v) is 5.98. The topological polar surface area (TPSA) is 29.5 Å². The summed E-state index contributed by atoms with van der Waals surface area (Å²) >= 11 is 0. The molecule has 0 fully saturated rings. The van der Waals surface area contributed by atoms with Crippen LogP contribution in [0.4, 0.5) is 4.39 Å². The second kappa shape index (κ2) is 7.83. The van der Waals surface area contributed by atoms with Crippen molar-refractivity contribution in [3.63, 3.8) is 0 Å². The maximum absolute atomic E-state index is 13.4. The Labute approximate surface area is 152 Å². The van der Waals surface area contributed by atoms with Gasteiger partial charge in [-0.2, -0.15) is 0 Å². The van der Waals surface area contributed by atoms with E-state index in [-0.39, 0.29) is 17.8 Å². The molecule has 0 saturated carbocycles. The molecule has 0 aliphatic carbocycles. The maximum Gasteiger partial charge on any atom is 0.258 e. The zero-order valence-corrected chi connectivity index (χ0v) is 14.7. The van der Waals surface area contributed by atoms with Crippen LogP contribution in [0.2, 0.25) is 0 Å². The Morgan fingerprint density at radius 2 is 1.46 bits per heavy atom. The van der Waals surface area contributed by atoms with E-state index in [0.717, 1.165) is 11.1 Å². The van der Waals surface area contributed by atoms with Crippen molar-refractivity contribution < 1.29 is 13.9 Å². The molecule has 3 nitrogen and oxygen atoms in total. The molecule has 0 spiro atoms. The summed E-state index contributed by atoms with van der Waals surface area (Å²) in [7, 11) is 3.29. The molecule has 1 amide bonds. The number of amides is 1. The molecular weight excluding hydrogens is 329 g/mol. The van der Waals surface area contributed by atoms with Crippen molar-refractivity contribution in [2.75, 3.05) is 14.2 Å². The molecule has 0 N–H and O–H groups in total. The number of hydrogen-bond acceptors (Lipinski definition) is 2. The van der Waals surface area contributed by atoms with Crippen molar-refractivity contribution in [1.82, 2.24) is 4.90 Å². The fraction of sp³-hybridized carbons (Fsp3) is 0.136. The average Bonchev–Trinajstić information content (AvgIpc) is 2.69. The summed E-state index contributed by atoms with van der Waals surface area (Å²) in [5.41, 5.74) is 2.27. The minimum atomic E-state index is -0.339. The van der Waals surface area contributed by atoms with Gasteiger partial charge < -0.3 is 9.64 Å². The zero-order valence-electron chi connectivity index (χ0n) is 14.7. The fourth-order valence-electron chi connectivity index (χ4n) is 3.05. The Morgan fingerprint density at radius 3 is 2.12 bits per heavy atom. The molecule has 0 radical (unpaired) electrons. The van der Waals surface area contributed by atoms with Gasteiger partial charge in [-0.15, -0.1) is 0 Å². The van der Waals surface area contributed by atoms with Crippen LogP contribution < -0.4 is 4.74 Å². The number of methoxy groups -OCH3 is 1. The highest BCUT2D eigenvalue weighted by Crippen LogP contribution is 2.30. The van der Waals surface area contributed by atoms with E-state index in [1.807, 2.05) is 36.4 Å². The summed E-state index contributed by atoms with van der Waals surface area (Å²) in [4.78, 5) is 14.8. The van der Waals surface area contributed by atoms with Crippen LogP contribution in [0.1, 0.15) is 27.5 Å². The van der Waals surface area contributed by atoms with Crippen LogP contribution in [-0.2, 0) is 0 Å². The molecule has 0 bridgehead atoms. The van der Waals surface area contributed by atoms with Gasteiger partial charge in [-0.25, -0.2) is 4.39 Å². The van der Waals surface area contributed by atoms with E-state index in [1.54, 1.807) is 49.4 Å². The molecule has 3 rings (SSSR count). The van der Waals surface area contributed by atoms with Crippen molar-refractivity contribution in [3.8, 4) is 5.75 Å². The van der Waals surface area contributed by atoms with Gasteiger partial charge >= 0.3 is 0 Å². The number of benzene rings is 3. The molecule has 0 aliphatic heterocycles. The molecule has 1 unspecified atom stereocenters. The molecule has 0 aliphatic rings. The predicted molar refractivity (Wildman–Crippen MR) is 99.8 cm³/mol. The van der Waals surface area contributed by atoms with Crippen molar-refractivity contribution in [3.05, 3.63) is 101 Å². The van der Waals surface area contributed by atoms with E-state index in [1.165, 1.54) is 12.1 Å². The lowest BCUT2D eigenvalue weighted by Crippen LogP contribution is -2.32. The van der Waals surface area contributed by atoms with Crippen LogP contribution in [0, 0.1) is 5.82 Å². The van der Waals surface area contributed by atoms with Crippen molar-refractivity contribution in [1.29, 1.82) is 0 Å². The number of carbonyl (C=O) groups excluding carboxylic acids is 1. The molecule has 4 heteroatoms. The van der Waals surface area contributed by atoms with Crippen LogP contribution in [0.25, 0.3) is 0 Å². The third-order valence-corrected chi connectivity index (χ3v) is 4.35. The van der Waals surface area contributed by atoms with E-state index in [9.17, 15) is 9.18 Å². The summed E-state index contributed by atoms with van der Waals surface area (Å²) < 4.78 is 18.7. The van der Waals surface area contributed by atoms with E-state index >= 15 is 0 Å². The van der Waals surface area contributed by atoms with Gasteiger partial charge in [0.1, 0.15) is 11.6 Å². The molecule has 0 saturated heterocycles. The molecule has 0 heterocycles. The van der Waals surface area contributed by atoms with E-state index in [2.05, 4.69) is 0 Å². The van der Waals surface area contributed by atoms with E-state index < -0.39 is 0 Å². The molecule has 132 valence electrons. The Balaban J connectivity index is 2.04. The standard InChI is InChI=1S/C22H20FNO2/c1-24(22(25)19-10-6-7-11-20(19)26-2)21(16-8-4-3-5-9-16)17-12-14-18(23)15-13-17/h3-15,21H,1-2H3. The number of rotatable bonds is 5. The fourth-order valence-corrected chi connectivity index (χ4v) is 3.05. The Kier molecular flexibility index (Phi) is 5.32. The maximum atomic E-state index is 13.4. The normalized spacial score (nSPS) is 11.7. The van der Waals surface area contributed by atoms with Gasteiger partial charge in [0.05, 0.1) is 18.7 Å². The van der Waals surface area contributed by atoms with Crippen LogP contribution >= 0.6 is 0 Å². The quantitative estimate of drug-likeness (QED) is 0.668. The lowest BCUT2D eigenvalue weighted by atomic mass is 9.96. The third kappa shape index (κ3) is 3.59. The van der Waals surface area contributed by atoms with E-state index in [0.29, 0.717) is 11.3 Å². The molecule has 3 aromatic rings. The lowest BCUT2D eigenvalue weighted by molar-refractivity contribution is 0.0751. The first-order valence-corrected chi connectivity index (χ1v) is 8.32. The SMILES string of the molecule is COc1ccccc1C(=O)N(C)C(c1ccccc1)c1ccc(F)cc1. The highest BCUT2D eigenvalue weighted by Gasteiger charge is 2.26. The summed E-state index contributed by atoms with van der Waals surface area (Å²) in [6.45, 7) is 0. The Bertz CT molecular complexity index is 878. The average molecular weight is 349 g/mol. The summed E-state index contributed by atoms with van der Waals surface area (Å²) in [6.07, 6.45) is 0. The number of ether oxygens (including phenoxy) is 1. The number of carbonyl (C=O) groups is 1. The van der Waals surface area contributed by atoms with Gasteiger partial charge in [0, 0.05) is 7.05 Å². The van der Waals surface area contributed by atoms with Crippen molar-refractivity contribution >= 4 is 5.91 Å². The van der Waals surface area contributed by atoms with Crippen molar-refractivity contribution in [2.24, 2.45) is 0 Å². The Hall–Kier alpha value is -3.14. The first kappa shape index (κ1) is 17.7. The zero-order chi connectivity index (χ0) is 18.5. The molecular formula is C22H20FNO2. The summed E-state index contributed by atoms with van der Waals surface area (Å²) in [5.74, 6) is 0.0511. The monoisotopic (exact) mass is 349 g/mol.